The summed E-state index contributed by atoms with van der Waals surface area (Å²) in [6.45, 7) is 0.953. The Morgan fingerprint density at radius 3 is 2.89 bits per heavy atom. The highest BCUT2D eigenvalue weighted by molar-refractivity contribution is 7.99. The average Bonchev–Trinajstić information content (AvgIpc) is 2.87. The first kappa shape index (κ1) is 12.6. The molecule has 0 saturated heterocycles. The van der Waals surface area contributed by atoms with Crippen LogP contribution in [0.25, 0.3) is 11.3 Å². The molecule has 2 aromatic rings. The molecule has 100 valence electrons. The quantitative estimate of drug-likeness (QED) is 0.941. The third-order valence-electron chi connectivity index (χ3n) is 2.80. The number of anilines is 1. The molecule has 0 aliphatic carbocycles. The minimum Gasteiger partial charge on any atom is -0.325 e. The fraction of sp³-hybridized carbons (Fsp3) is 0.250. The number of aromatic nitrogens is 2. The van der Waals surface area contributed by atoms with E-state index in [2.05, 4.69) is 14.3 Å². The summed E-state index contributed by atoms with van der Waals surface area (Å²) >= 11 is 1.72. The van der Waals surface area contributed by atoms with E-state index < -0.39 is 10.0 Å². The highest BCUT2D eigenvalue weighted by Gasteiger charge is 2.17. The van der Waals surface area contributed by atoms with E-state index >= 15 is 0 Å². The Balaban J connectivity index is 2.04. The number of benzene rings is 1. The molecule has 1 aromatic carbocycles. The van der Waals surface area contributed by atoms with Crippen LogP contribution in [0.15, 0.2) is 35.6 Å². The Morgan fingerprint density at radius 2 is 2.16 bits per heavy atom. The fourth-order valence-corrected chi connectivity index (χ4v) is 3.56. The van der Waals surface area contributed by atoms with Gasteiger partial charge < -0.3 is 4.57 Å². The normalized spacial score (nSPS) is 14.4. The van der Waals surface area contributed by atoms with Gasteiger partial charge in [-0.25, -0.2) is 13.4 Å². The van der Waals surface area contributed by atoms with Crippen LogP contribution in [0.5, 0.6) is 0 Å². The summed E-state index contributed by atoms with van der Waals surface area (Å²) in [7, 11) is -3.29. The Hall–Kier alpha value is -1.47. The Kier molecular flexibility index (Phi) is 3.02. The molecule has 1 N–H and O–H groups in total. The molecule has 0 atom stereocenters. The third kappa shape index (κ3) is 2.62. The van der Waals surface area contributed by atoms with Crippen molar-refractivity contribution in [2.24, 2.45) is 0 Å². The number of nitrogens with zero attached hydrogens (tertiary/aromatic N) is 2. The van der Waals surface area contributed by atoms with Crippen LogP contribution in [0, 0.1) is 0 Å². The molecule has 0 radical (unpaired) electrons. The lowest BCUT2D eigenvalue weighted by atomic mass is 10.1. The zero-order valence-corrected chi connectivity index (χ0v) is 12.0. The molecular formula is C12H13N3O2S2. The van der Waals surface area contributed by atoms with Gasteiger partial charge >= 0.3 is 0 Å². The molecule has 3 rings (SSSR count). The standard InChI is InChI=1S/C12H13N3O2S2/c1-19(16,17)14-10-5-3-2-4-9(10)11-8-15-6-7-18-12(15)13-11/h2-5,8,14H,6-7H2,1H3. The molecule has 1 aliphatic heterocycles. The topological polar surface area (TPSA) is 64.0 Å². The smallest absolute Gasteiger partial charge is 0.229 e. The van der Waals surface area contributed by atoms with Crippen molar-refractivity contribution in [3.8, 4) is 11.3 Å². The molecule has 0 amide bonds. The molecule has 2 heterocycles. The first-order chi connectivity index (χ1) is 9.03. The molecule has 0 saturated carbocycles. The van der Waals surface area contributed by atoms with Crippen LogP contribution in [0.2, 0.25) is 0 Å². The van der Waals surface area contributed by atoms with Crippen LogP contribution < -0.4 is 4.72 Å². The molecule has 7 heteroatoms. The number of fused-ring (bicyclic) bond motifs is 1. The number of hydrogen-bond donors (Lipinski definition) is 1. The Labute approximate surface area is 116 Å². The van der Waals surface area contributed by atoms with Crippen molar-refractivity contribution in [2.75, 3.05) is 16.7 Å². The highest BCUT2D eigenvalue weighted by Crippen LogP contribution is 2.32. The van der Waals surface area contributed by atoms with Crippen molar-refractivity contribution in [3.05, 3.63) is 30.5 Å². The van der Waals surface area contributed by atoms with Crippen molar-refractivity contribution < 1.29 is 8.42 Å². The van der Waals surface area contributed by atoms with Crippen LogP contribution >= 0.6 is 11.8 Å². The fourth-order valence-electron chi connectivity index (χ4n) is 2.03. The maximum Gasteiger partial charge on any atom is 0.229 e. The van der Waals surface area contributed by atoms with Gasteiger partial charge in [-0.2, -0.15) is 0 Å². The van der Waals surface area contributed by atoms with Gasteiger partial charge in [-0.3, -0.25) is 4.72 Å². The molecule has 19 heavy (non-hydrogen) atoms. The van der Waals surface area contributed by atoms with E-state index in [0.29, 0.717) is 5.69 Å². The lowest BCUT2D eigenvalue weighted by Gasteiger charge is -2.08. The largest absolute Gasteiger partial charge is 0.325 e. The second-order valence-corrected chi connectivity index (χ2v) is 7.18. The minimum atomic E-state index is -3.29. The second kappa shape index (κ2) is 4.57. The minimum absolute atomic E-state index is 0.562. The Morgan fingerprint density at radius 1 is 1.37 bits per heavy atom. The van der Waals surface area contributed by atoms with Gasteiger partial charge in [0.15, 0.2) is 5.16 Å². The number of nitrogens with one attached hydrogen (secondary N) is 1. The number of imidazole rings is 1. The number of hydrogen-bond acceptors (Lipinski definition) is 4. The summed E-state index contributed by atoms with van der Waals surface area (Å²) in [6.07, 6.45) is 3.12. The van der Waals surface area contributed by atoms with E-state index in [1.165, 1.54) is 0 Å². The molecular weight excluding hydrogens is 282 g/mol. The van der Waals surface area contributed by atoms with Gasteiger partial charge in [0.05, 0.1) is 17.6 Å². The van der Waals surface area contributed by atoms with Crippen molar-refractivity contribution in [2.45, 2.75) is 11.7 Å². The summed E-state index contributed by atoms with van der Waals surface area (Å²) in [4.78, 5) is 4.54. The van der Waals surface area contributed by atoms with Gasteiger partial charge in [0, 0.05) is 24.1 Å². The van der Waals surface area contributed by atoms with Gasteiger partial charge in [0.25, 0.3) is 0 Å². The molecule has 1 aromatic heterocycles. The van der Waals surface area contributed by atoms with Crippen LogP contribution in [0.1, 0.15) is 0 Å². The summed E-state index contributed by atoms with van der Waals surface area (Å²) in [5.41, 5.74) is 2.16. The van der Waals surface area contributed by atoms with Gasteiger partial charge in [-0.15, -0.1) is 0 Å². The number of thioether (sulfide) groups is 1. The summed E-state index contributed by atoms with van der Waals surface area (Å²) in [6, 6.07) is 7.29. The number of aryl methyl sites for hydroxylation is 1. The van der Waals surface area contributed by atoms with Crippen LogP contribution in [-0.4, -0.2) is 30.0 Å². The van der Waals surface area contributed by atoms with Crippen LogP contribution in [-0.2, 0) is 16.6 Å². The van der Waals surface area contributed by atoms with Crippen molar-refractivity contribution in [3.63, 3.8) is 0 Å². The number of para-hydroxylation sites is 1. The molecule has 5 nitrogen and oxygen atoms in total. The first-order valence-electron chi connectivity index (χ1n) is 5.80. The van der Waals surface area contributed by atoms with Crippen molar-refractivity contribution in [1.29, 1.82) is 0 Å². The maximum absolute atomic E-state index is 11.4. The zero-order chi connectivity index (χ0) is 13.5. The second-order valence-electron chi connectivity index (χ2n) is 4.37. The summed E-state index contributed by atoms with van der Waals surface area (Å²) < 4.78 is 27.4. The SMILES string of the molecule is CS(=O)(=O)Nc1ccccc1-c1cn2c(n1)SCC2. The molecule has 0 unspecified atom stereocenters. The monoisotopic (exact) mass is 295 g/mol. The van der Waals surface area contributed by atoms with E-state index in [4.69, 9.17) is 0 Å². The average molecular weight is 295 g/mol. The van der Waals surface area contributed by atoms with Gasteiger partial charge in [-0.05, 0) is 6.07 Å². The van der Waals surface area contributed by atoms with Gasteiger partial charge in [-0.1, -0.05) is 30.0 Å². The zero-order valence-electron chi connectivity index (χ0n) is 10.3. The highest BCUT2D eigenvalue weighted by atomic mass is 32.2. The van der Waals surface area contributed by atoms with Gasteiger partial charge in [0.2, 0.25) is 10.0 Å². The third-order valence-corrected chi connectivity index (χ3v) is 4.36. The lowest BCUT2D eigenvalue weighted by Crippen LogP contribution is -2.10. The first-order valence-corrected chi connectivity index (χ1v) is 8.68. The van der Waals surface area contributed by atoms with Gasteiger partial charge in [0.1, 0.15) is 0 Å². The maximum atomic E-state index is 11.4. The van der Waals surface area contributed by atoms with E-state index in [9.17, 15) is 8.42 Å². The predicted molar refractivity (Wildman–Crippen MR) is 76.9 cm³/mol. The molecule has 1 aliphatic rings. The van der Waals surface area contributed by atoms with E-state index in [0.717, 1.165) is 35.0 Å². The van der Waals surface area contributed by atoms with E-state index in [1.54, 1.807) is 23.9 Å². The molecule has 0 spiro atoms. The van der Waals surface area contributed by atoms with E-state index in [-0.39, 0.29) is 0 Å². The Bertz CT molecular complexity index is 701. The predicted octanol–water partition coefficient (Wildman–Crippen LogP) is 2.03. The van der Waals surface area contributed by atoms with Crippen LogP contribution in [0.3, 0.4) is 0 Å². The number of sulfonamides is 1. The summed E-state index contributed by atoms with van der Waals surface area (Å²) in [5, 5.41) is 0.990. The van der Waals surface area contributed by atoms with Crippen LogP contribution in [0.4, 0.5) is 5.69 Å². The van der Waals surface area contributed by atoms with Crippen molar-refractivity contribution >= 4 is 27.5 Å². The number of rotatable bonds is 3. The summed E-state index contributed by atoms with van der Waals surface area (Å²) in [5.74, 6) is 1.05. The molecule has 0 bridgehead atoms. The van der Waals surface area contributed by atoms with Crippen molar-refractivity contribution in [1.82, 2.24) is 9.55 Å². The lowest BCUT2D eigenvalue weighted by molar-refractivity contribution is 0.607. The molecule has 0 fully saturated rings. The van der Waals surface area contributed by atoms with E-state index in [1.807, 2.05) is 18.3 Å².